The van der Waals surface area contributed by atoms with Crippen molar-refractivity contribution in [2.24, 2.45) is 11.0 Å². The highest BCUT2D eigenvalue weighted by Gasteiger charge is 2.56. The zero-order valence-electron chi connectivity index (χ0n) is 17.6. The summed E-state index contributed by atoms with van der Waals surface area (Å²) < 4.78 is 47.0. The summed E-state index contributed by atoms with van der Waals surface area (Å²) in [6.45, 7) is 0. The van der Waals surface area contributed by atoms with E-state index in [9.17, 15) is 22.8 Å². The van der Waals surface area contributed by atoms with Crippen LogP contribution in [0, 0.1) is 5.92 Å². The van der Waals surface area contributed by atoms with Gasteiger partial charge in [-0.1, -0.05) is 35.3 Å². The van der Waals surface area contributed by atoms with Crippen molar-refractivity contribution in [1.82, 2.24) is 10.3 Å². The van der Waals surface area contributed by atoms with Crippen LogP contribution in [0.2, 0.25) is 10.0 Å². The van der Waals surface area contributed by atoms with Crippen molar-refractivity contribution in [2.75, 3.05) is 7.05 Å². The summed E-state index contributed by atoms with van der Waals surface area (Å²) in [6.07, 6.45) is -5.28. The van der Waals surface area contributed by atoms with Gasteiger partial charge < -0.3 is 15.2 Å². The number of nitrogens with zero attached hydrogens (tertiary/aromatic N) is 2. The molecule has 2 N–H and O–H groups in total. The van der Waals surface area contributed by atoms with E-state index in [1.807, 2.05) is 0 Å². The number of nitrogens with one attached hydrogen (secondary N) is 1. The number of hydrogen-bond acceptors (Lipinski definition) is 5. The largest absolute Gasteiger partial charge is 0.478 e. The van der Waals surface area contributed by atoms with Crippen LogP contribution < -0.4 is 10.1 Å². The molecule has 0 saturated heterocycles. The molecule has 0 aromatic heterocycles. The monoisotopic (exact) mass is 515 g/mol. The summed E-state index contributed by atoms with van der Waals surface area (Å²) in [5, 5.41) is 16.6. The van der Waals surface area contributed by atoms with Crippen LogP contribution in [-0.2, 0) is 10.3 Å². The van der Waals surface area contributed by atoms with Crippen molar-refractivity contribution in [2.45, 2.75) is 30.8 Å². The third kappa shape index (κ3) is 4.65. The normalized spacial score (nSPS) is 21.1. The minimum atomic E-state index is -4.87. The molecule has 0 spiro atoms. The number of halogens is 5. The van der Waals surface area contributed by atoms with Gasteiger partial charge in [0, 0.05) is 13.1 Å². The zero-order chi connectivity index (χ0) is 24.8. The molecule has 1 aliphatic heterocycles. The van der Waals surface area contributed by atoms with Crippen LogP contribution in [-0.4, -0.2) is 47.2 Å². The van der Waals surface area contributed by atoms with Crippen molar-refractivity contribution < 1.29 is 32.6 Å². The Hall–Kier alpha value is -2.98. The number of rotatable bonds is 6. The fourth-order valence-electron chi connectivity index (χ4n) is 3.82. The predicted molar refractivity (Wildman–Crippen MR) is 118 cm³/mol. The Bertz CT molecular complexity index is 1170. The molecule has 2 aliphatic rings. The molecule has 34 heavy (non-hydrogen) atoms. The number of benzene rings is 2. The van der Waals surface area contributed by atoms with Crippen LogP contribution >= 0.6 is 23.2 Å². The minimum Gasteiger partial charge on any atom is -0.478 e. The molecule has 1 fully saturated rings. The number of carboxylic acid groups (broad SMARTS) is 1. The van der Waals surface area contributed by atoms with E-state index < -0.39 is 41.4 Å². The zero-order valence-corrected chi connectivity index (χ0v) is 19.1. The number of aromatic carboxylic acids is 1. The number of ether oxygens (including phenoxy) is 1. The van der Waals surface area contributed by atoms with Crippen molar-refractivity contribution in [1.29, 1.82) is 0 Å². The van der Waals surface area contributed by atoms with Gasteiger partial charge in [-0.2, -0.15) is 18.3 Å². The van der Waals surface area contributed by atoms with Crippen molar-refractivity contribution in [3.05, 3.63) is 63.6 Å². The Balaban J connectivity index is 1.61. The van der Waals surface area contributed by atoms with E-state index in [-0.39, 0.29) is 21.4 Å². The molecule has 180 valence electrons. The van der Waals surface area contributed by atoms with E-state index in [1.165, 1.54) is 37.4 Å². The van der Waals surface area contributed by atoms with Gasteiger partial charge in [0.15, 0.2) is 5.71 Å². The summed E-state index contributed by atoms with van der Waals surface area (Å²) in [7, 11) is 1.28. The Labute approximate surface area is 202 Å². The number of alkyl halides is 3. The summed E-state index contributed by atoms with van der Waals surface area (Å²) in [5.74, 6) is -3.68. The Morgan fingerprint density at radius 3 is 2.32 bits per heavy atom. The van der Waals surface area contributed by atoms with Crippen molar-refractivity contribution in [3.8, 4) is 5.75 Å². The molecule has 1 saturated carbocycles. The highest BCUT2D eigenvalue weighted by Crippen LogP contribution is 2.46. The summed E-state index contributed by atoms with van der Waals surface area (Å²) in [5.41, 5.74) is -1.51. The fraction of sp³-hybridized carbons (Fsp3) is 0.318. The molecule has 1 heterocycles. The van der Waals surface area contributed by atoms with E-state index in [0.717, 1.165) is 5.01 Å². The topological polar surface area (TPSA) is 91.2 Å². The summed E-state index contributed by atoms with van der Waals surface area (Å²) in [4.78, 5) is 24.3. The van der Waals surface area contributed by atoms with Gasteiger partial charge in [0.05, 0.1) is 21.1 Å². The maximum absolute atomic E-state index is 13.8. The molecule has 0 radical (unpaired) electrons. The van der Waals surface area contributed by atoms with E-state index in [1.54, 1.807) is 12.1 Å². The Morgan fingerprint density at radius 2 is 1.79 bits per heavy atom. The molecule has 2 aromatic carbocycles. The van der Waals surface area contributed by atoms with Crippen LogP contribution in [0.5, 0.6) is 5.75 Å². The second-order valence-corrected chi connectivity index (χ2v) is 8.89. The van der Waals surface area contributed by atoms with Gasteiger partial charge in [-0.15, -0.1) is 0 Å². The molecule has 2 atom stereocenters. The average Bonchev–Trinajstić information content (AvgIpc) is 3.46. The lowest BCUT2D eigenvalue weighted by Gasteiger charge is -2.28. The average molecular weight is 516 g/mol. The van der Waals surface area contributed by atoms with Gasteiger partial charge in [-0.3, -0.25) is 9.80 Å². The first-order valence-corrected chi connectivity index (χ1v) is 10.8. The highest BCUT2D eigenvalue weighted by molar-refractivity contribution is 6.42. The molecule has 2 unspecified atom stereocenters. The minimum absolute atomic E-state index is 0.0601. The Morgan fingerprint density at radius 1 is 1.15 bits per heavy atom. The molecule has 1 amide bonds. The van der Waals surface area contributed by atoms with E-state index in [4.69, 9.17) is 33.0 Å². The highest BCUT2D eigenvalue weighted by atomic mass is 35.5. The van der Waals surface area contributed by atoms with Gasteiger partial charge in [-0.25, -0.2) is 4.79 Å². The number of carbonyl (C=O) groups excluding carboxylic acids is 1. The van der Waals surface area contributed by atoms with E-state index in [0.29, 0.717) is 18.4 Å². The number of amides is 1. The van der Waals surface area contributed by atoms with Crippen LogP contribution in [0.3, 0.4) is 0 Å². The maximum Gasteiger partial charge on any atom is 0.432 e. The van der Waals surface area contributed by atoms with Gasteiger partial charge in [0.25, 0.3) is 0 Å². The third-order valence-electron chi connectivity index (χ3n) is 5.73. The quantitative estimate of drug-likeness (QED) is 0.582. The Kier molecular flexibility index (Phi) is 6.15. The van der Waals surface area contributed by atoms with Gasteiger partial charge in [-0.05, 0) is 42.7 Å². The van der Waals surface area contributed by atoms with Gasteiger partial charge in [0.2, 0.25) is 12.1 Å². The first-order valence-electron chi connectivity index (χ1n) is 10.1. The number of carboxylic acids is 1. The first-order chi connectivity index (χ1) is 15.9. The first kappa shape index (κ1) is 24.2. The SMILES string of the molecule is CN1N=C(C(F)(F)F)C(C(=O)NC2(c3ccc(C(=O)O)cc3)CC2)C1Oc1ccc(Cl)c(Cl)c1. The molecular formula is C22H18Cl2F3N3O4. The lowest BCUT2D eigenvalue weighted by molar-refractivity contribution is -0.130. The summed E-state index contributed by atoms with van der Waals surface area (Å²) >= 11 is 11.9. The van der Waals surface area contributed by atoms with Crippen LogP contribution in [0.4, 0.5) is 13.2 Å². The van der Waals surface area contributed by atoms with Crippen LogP contribution in [0.1, 0.15) is 28.8 Å². The third-order valence-corrected chi connectivity index (χ3v) is 6.47. The maximum atomic E-state index is 13.8. The fourth-order valence-corrected chi connectivity index (χ4v) is 4.10. The van der Waals surface area contributed by atoms with E-state index in [2.05, 4.69) is 10.4 Å². The van der Waals surface area contributed by atoms with E-state index >= 15 is 0 Å². The van der Waals surface area contributed by atoms with Crippen molar-refractivity contribution >= 4 is 40.8 Å². The lowest BCUT2D eigenvalue weighted by Crippen LogP contribution is -2.50. The second-order valence-electron chi connectivity index (χ2n) is 8.07. The lowest BCUT2D eigenvalue weighted by atomic mass is 9.97. The molecule has 0 bridgehead atoms. The molecule has 1 aliphatic carbocycles. The molecule has 4 rings (SSSR count). The standard InChI is InChI=1S/C22H18Cl2F3N3O4/c1-30-19(34-13-6-7-14(23)15(24)10-13)16(17(29-30)22(25,26)27)18(31)28-21(8-9-21)12-4-2-11(3-5-12)20(32)33/h2-7,10,16,19H,8-9H2,1H3,(H,28,31)(H,32,33). The molecule has 7 nitrogen and oxygen atoms in total. The number of carbonyl (C=O) groups is 2. The van der Waals surface area contributed by atoms with Crippen molar-refractivity contribution in [3.63, 3.8) is 0 Å². The molecular weight excluding hydrogens is 498 g/mol. The van der Waals surface area contributed by atoms with Gasteiger partial charge in [0.1, 0.15) is 11.7 Å². The van der Waals surface area contributed by atoms with Crippen LogP contribution in [0.15, 0.2) is 47.6 Å². The number of hydrazone groups is 1. The number of hydrogen-bond donors (Lipinski definition) is 2. The van der Waals surface area contributed by atoms with Crippen LogP contribution in [0.25, 0.3) is 0 Å². The van der Waals surface area contributed by atoms with Gasteiger partial charge >= 0.3 is 12.1 Å². The second kappa shape index (κ2) is 8.66. The summed E-state index contributed by atoms with van der Waals surface area (Å²) in [6, 6.07) is 10.0. The molecule has 12 heteroatoms. The predicted octanol–water partition coefficient (Wildman–Crippen LogP) is 4.68. The smallest absolute Gasteiger partial charge is 0.432 e. The molecule has 2 aromatic rings.